The molecule has 2 aliphatic carbocycles. The Bertz CT molecular complexity index is 1990. The minimum absolute atomic E-state index is 0.0183. The van der Waals surface area contributed by atoms with Gasteiger partial charge in [-0.2, -0.15) is 0 Å². The molecule has 2 aliphatic heterocycles. The lowest BCUT2D eigenvalue weighted by Crippen LogP contribution is -2.42. The number of aryl methyl sites for hydroxylation is 1. The Labute approximate surface area is 287 Å². The van der Waals surface area contributed by atoms with E-state index in [1.54, 1.807) is 43.1 Å². The van der Waals surface area contributed by atoms with Crippen molar-refractivity contribution in [3.63, 3.8) is 0 Å². The highest BCUT2D eigenvalue weighted by Crippen LogP contribution is 2.69. The lowest BCUT2D eigenvalue weighted by atomic mass is 9.68. The molecule has 12 heteroatoms. The lowest BCUT2D eigenvalue weighted by Gasteiger charge is -2.43. The third-order valence-corrected chi connectivity index (χ3v) is 13.2. The summed E-state index contributed by atoms with van der Waals surface area (Å²) in [6.45, 7) is 1.73. The first-order valence-electron chi connectivity index (χ1n) is 15.4. The number of fused-ring (bicyclic) bond motifs is 9. The van der Waals surface area contributed by atoms with Crippen LogP contribution in [0.1, 0.15) is 28.3 Å². The standard InChI is InChI=1S/C35H30BrN3O6S2/c1-16-5-3-4-6-23(16)37-25(40)15-45-24-12-7-17(36)13-20(24)26-27-21-14-22(30(27)46-32-31(26)47-35(43)38-32)29-28(21)33(41)39(34(29)42)18-8-10-19(44-2)11-9-18/h3-13,21-22,26-30H,14-15H2,1-2H3,(H,37,40)(H,38,43)/t21?,22?,26-,27?,28?,29?,30?/m1/s1. The molecular formula is C35H30BrN3O6S2. The topological polar surface area (TPSA) is 118 Å². The normalized spacial score (nSPS) is 27.0. The number of nitrogens with zero attached hydrogens (tertiary/aromatic N) is 1. The first-order valence-corrected chi connectivity index (χ1v) is 17.9. The van der Waals surface area contributed by atoms with Crippen molar-refractivity contribution in [3.8, 4) is 11.5 Å². The predicted molar refractivity (Wildman–Crippen MR) is 183 cm³/mol. The van der Waals surface area contributed by atoms with E-state index in [-0.39, 0.29) is 58.1 Å². The zero-order valence-electron chi connectivity index (χ0n) is 25.4. The molecule has 3 amide bonds. The molecule has 3 fully saturated rings. The summed E-state index contributed by atoms with van der Waals surface area (Å²) in [6.07, 6.45) is 0.768. The molecule has 8 rings (SSSR count). The fraction of sp³-hybridized carbons (Fsp3) is 0.314. The summed E-state index contributed by atoms with van der Waals surface area (Å²) in [7, 11) is 1.58. The second-order valence-electron chi connectivity index (χ2n) is 12.5. The van der Waals surface area contributed by atoms with Gasteiger partial charge >= 0.3 is 4.87 Å². The second-order valence-corrected chi connectivity index (χ2v) is 15.6. The number of rotatable bonds is 7. The number of imide groups is 1. The van der Waals surface area contributed by atoms with E-state index in [4.69, 9.17) is 9.47 Å². The molecule has 3 heterocycles. The summed E-state index contributed by atoms with van der Waals surface area (Å²) in [5, 5.41) is 3.75. The van der Waals surface area contributed by atoms with Crippen LogP contribution in [-0.4, -0.2) is 41.7 Å². The quantitative estimate of drug-likeness (QED) is 0.217. The van der Waals surface area contributed by atoms with Crippen LogP contribution >= 0.6 is 39.0 Å². The van der Waals surface area contributed by atoms with Gasteiger partial charge in [0.1, 0.15) is 11.5 Å². The molecule has 240 valence electrons. The zero-order chi connectivity index (χ0) is 32.6. The Kier molecular flexibility index (Phi) is 7.57. The third-order valence-electron chi connectivity index (χ3n) is 10.1. The number of carbonyl (C=O) groups is 3. The number of thiazole rings is 1. The molecule has 0 radical (unpaired) electrons. The molecule has 2 saturated carbocycles. The van der Waals surface area contributed by atoms with Gasteiger partial charge in [0, 0.05) is 31.8 Å². The summed E-state index contributed by atoms with van der Waals surface area (Å²) < 4.78 is 12.3. The van der Waals surface area contributed by atoms with Gasteiger partial charge in [-0.1, -0.05) is 45.5 Å². The monoisotopic (exact) mass is 731 g/mol. The fourth-order valence-electron chi connectivity index (χ4n) is 8.29. The van der Waals surface area contributed by atoms with Gasteiger partial charge in [0.2, 0.25) is 11.8 Å². The van der Waals surface area contributed by atoms with Crippen molar-refractivity contribution in [2.24, 2.45) is 29.6 Å². The summed E-state index contributed by atoms with van der Waals surface area (Å²) in [5.41, 5.74) is 3.08. The first kappa shape index (κ1) is 30.5. The first-order chi connectivity index (χ1) is 22.7. The van der Waals surface area contributed by atoms with Crippen LogP contribution in [0, 0.1) is 36.5 Å². The molecule has 1 aromatic heterocycles. The van der Waals surface area contributed by atoms with Gasteiger partial charge in [-0.3, -0.25) is 24.1 Å². The molecule has 2 N–H and O–H groups in total. The van der Waals surface area contributed by atoms with Crippen molar-refractivity contribution in [1.29, 1.82) is 0 Å². The number of ether oxygens (including phenoxy) is 2. The summed E-state index contributed by atoms with van der Waals surface area (Å²) in [4.78, 5) is 59.0. The van der Waals surface area contributed by atoms with Gasteiger partial charge in [-0.15, -0.1) is 11.8 Å². The molecule has 1 saturated heterocycles. The predicted octanol–water partition coefficient (Wildman–Crippen LogP) is 6.21. The van der Waals surface area contributed by atoms with Gasteiger partial charge in [-0.25, -0.2) is 0 Å². The van der Waals surface area contributed by atoms with Gasteiger partial charge in [0.05, 0.1) is 29.7 Å². The van der Waals surface area contributed by atoms with E-state index in [1.165, 1.54) is 16.2 Å². The van der Waals surface area contributed by atoms with E-state index >= 15 is 0 Å². The Morgan fingerprint density at radius 3 is 2.51 bits per heavy atom. The van der Waals surface area contributed by atoms with E-state index in [9.17, 15) is 19.2 Å². The van der Waals surface area contributed by atoms with Crippen molar-refractivity contribution >= 4 is 68.1 Å². The van der Waals surface area contributed by atoms with E-state index < -0.39 is 11.8 Å². The average Bonchev–Trinajstić information content (AvgIpc) is 3.80. The third kappa shape index (κ3) is 4.95. The molecular weight excluding hydrogens is 702 g/mol. The number of thioether (sulfide) groups is 1. The van der Waals surface area contributed by atoms with Crippen LogP contribution in [0.5, 0.6) is 11.5 Å². The van der Waals surface area contributed by atoms with Crippen LogP contribution < -0.4 is 24.6 Å². The summed E-state index contributed by atoms with van der Waals surface area (Å²) in [5.74, 6) is -0.599. The number of H-pyrrole nitrogens is 1. The number of benzene rings is 3. The molecule has 0 spiro atoms. The highest BCUT2D eigenvalue weighted by molar-refractivity contribution is 9.10. The average molecular weight is 733 g/mol. The maximum atomic E-state index is 14.1. The number of amides is 3. The van der Waals surface area contributed by atoms with Gasteiger partial charge in [0.15, 0.2) is 6.61 Å². The number of carbonyl (C=O) groups excluding carboxylic acids is 3. The maximum absolute atomic E-state index is 14.1. The number of halogens is 1. The second kappa shape index (κ2) is 11.7. The number of aromatic amines is 1. The van der Waals surface area contributed by atoms with Gasteiger partial charge in [-0.05, 0) is 85.2 Å². The molecule has 4 aromatic rings. The van der Waals surface area contributed by atoms with Crippen molar-refractivity contribution < 1.29 is 23.9 Å². The van der Waals surface area contributed by atoms with Crippen LogP contribution in [0.3, 0.4) is 0 Å². The molecule has 3 aromatic carbocycles. The van der Waals surface area contributed by atoms with Crippen LogP contribution in [0.15, 0.2) is 81.0 Å². The highest BCUT2D eigenvalue weighted by Gasteiger charge is 2.69. The number of nitrogens with one attached hydrogen (secondary N) is 2. The minimum Gasteiger partial charge on any atom is -0.497 e. The number of hydrogen-bond acceptors (Lipinski definition) is 8. The Balaban J connectivity index is 1.14. The van der Waals surface area contributed by atoms with Crippen LogP contribution in [0.2, 0.25) is 0 Å². The van der Waals surface area contributed by atoms with E-state index in [0.29, 0.717) is 17.2 Å². The Hall–Kier alpha value is -3.87. The van der Waals surface area contributed by atoms with Gasteiger partial charge in [0.25, 0.3) is 5.91 Å². The van der Waals surface area contributed by atoms with Crippen LogP contribution in [-0.2, 0) is 14.4 Å². The molecule has 4 aliphatic rings. The molecule has 47 heavy (non-hydrogen) atoms. The van der Waals surface area contributed by atoms with Crippen molar-refractivity contribution in [2.75, 3.05) is 23.9 Å². The minimum atomic E-state index is -0.437. The van der Waals surface area contributed by atoms with E-state index in [0.717, 1.165) is 37.6 Å². The molecule has 9 nitrogen and oxygen atoms in total. The highest BCUT2D eigenvalue weighted by atomic mass is 79.9. The maximum Gasteiger partial charge on any atom is 0.305 e. The SMILES string of the molecule is COc1ccc(N2C(=O)C3C4CC(C3C2=O)C2C4Sc3[nH]c(=O)sc3[C@@H]2c2cc(Br)ccc2OCC(=O)Nc2ccccc2C)cc1. The van der Waals surface area contributed by atoms with Crippen LogP contribution in [0.4, 0.5) is 11.4 Å². The zero-order valence-corrected chi connectivity index (χ0v) is 28.6. The summed E-state index contributed by atoms with van der Waals surface area (Å²) in [6, 6.07) is 20.3. The van der Waals surface area contributed by atoms with Crippen molar-refractivity contribution in [3.05, 3.63) is 96.9 Å². The number of aromatic nitrogens is 1. The number of methoxy groups -OCH3 is 1. The fourth-order valence-corrected chi connectivity index (χ4v) is 11.5. The number of hydrogen-bond donors (Lipinski definition) is 2. The Morgan fingerprint density at radius 1 is 1.02 bits per heavy atom. The van der Waals surface area contributed by atoms with E-state index in [1.807, 2.05) is 49.4 Å². The van der Waals surface area contributed by atoms with Crippen LogP contribution in [0.25, 0.3) is 0 Å². The van der Waals surface area contributed by atoms with Crippen molar-refractivity contribution in [1.82, 2.24) is 4.98 Å². The van der Waals surface area contributed by atoms with E-state index in [2.05, 4.69) is 26.2 Å². The molecule has 2 bridgehead atoms. The summed E-state index contributed by atoms with van der Waals surface area (Å²) >= 11 is 6.46. The largest absolute Gasteiger partial charge is 0.497 e. The smallest absolute Gasteiger partial charge is 0.305 e. The van der Waals surface area contributed by atoms with Gasteiger partial charge < -0.3 is 19.8 Å². The Morgan fingerprint density at radius 2 is 1.77 bits per heavy atom. The molecule has 6 unspecified atom stereocenters. The number of anilines is 2. The number of para-hydroxylation sites is 1. The lowest BCUT2D eigenvalue weighted by molar-refractivity contribution is -0.123. The van der Waals surface area contributed by atoms with Crippen molar-refractivity contribution in [2.45, 2.75) is 29.5 Å². The molecule has 7 atom stereocenters.